The Morgan fingerprint density at radius 2 is 1.90 bits per heavy atom. The van der Waals surface area contributed by atoms with Crippen LogP contribution in [0, 0.1) is 6.92 Å². The van der Waals surface area contributed by atoms with E-state index < -0.39 is 10.2 Å². The number of hydrogen-bond donors (Lipinski definition) is 1. The summed E-state index contributed by atoms with van der Waals surface area (Å²) in [5, 5.41) is 0. The fraction of sp³-hybridized carbons (Fsp3) is 0.500. The zero-order valence-corrected chi connectivity index (χ0v) is 13.2. The Morgan fingerprint density at radius 3 is 2.48 bits per heavy atom. The van der Waals surface area contributed by atoms with Crippen LogP contribution in [0.25, 0.3) is 0 Å². The Bertz CT molecular complexity index is 608. The Kier molecular flexibility index (Phi) is 4.97. The predicted molar refractivity (Wildman–Crippen MR) is 81.3 cm³/mol. The third-order valence-electron chi connectivity index (χ3n) is 3.46. The lowest BCUT2D eigenvalue weighted by Crippen LogP contribution is -2.53. The first kappa shape index (κ1) is 15.9. The largest absolute Gasteiger partial charge is 0.336 e. The fourth-order valence-electron chi connectivity index (χ4n) is 2.37. The number of aryl methyl sites for hydroxylation is 1. The van der Waals surface area contributed by atoms with Gasteiger partial charge in [-0.25, -0.2) is 4.72 Å². The second kappa shape index (κ2) is 6.55. The molecule has 0 bridgehead atoms. The van der Waals surface area contributed by atoms with Crippen molar-refractivity contribution >= 4 is 16.1 Å². The highest BCUT2D eigenvalue weighted by atomic mass is 32.2. The molecule has 1 aliphatic heterocycles. The van der Waals surface area contributed by atoms with Gasteiger partial charge in [-0.1, -0.05) is 24.6 Å². The molecule has 1 amide bonds. The number of nitrogens with one attached hydrogen (secondary N) is 1. The summed E-state index contributed by atoms with van der Waals surface area (Å²) in [6.07, 6.45) is 0. The minimum atomic E-state index is -3.41. The van der Waals surface area contributed by atoms with Gasteiger partial charge in [-0.3, -0.25) is 4.79 Å². The monoisotopic (exact) mass is 311 g/mol. The molecule has 0 spiro atoms. The summed E-state index contributed by atoms with van der Waals surface area (Å²) in [5.74, 6) is -0.0424. The first-order valence-electron chi connectivity index (χ1n) is 7.04. The van der Waals surface area contributed by atoms with Crippen molar-refractivity contribution in [2.75, 3.05) is 32.7 Å². The van der Waals surface area contributed by atoms with E-state index in [0.29, 0.717) is 38.3 Å². The van der Waals surface area contributed by atoms with Gasteiger partial charge in [-0.2, -0.15) is 12.7 Å². The molecule has 116 valence electrons. The van der Waals surface area contributed by atoms with E-state index in [0.717, 1.165) is 5.56 Å². The van der Waals surface area contributed by atoms with Crippen LogP contribution in [0.3, 0.4) is 0 Å². The first-order valence-corrected chi connectivity index (χ1v) is 8.48. The van der Waals surface area contributed by atoms with Crippen molar-refractivity contribution in [3.05, 3.63) is 35.4 Å². The standard InChI is InChI=1S/C14H21N3O3S/c1-3-15-21(19,20)17-9-7-16(8-10-17)14(18)13-6-4-5-12(2)11-13/h4-6,11,15H,3,7-10H2,1-2H3. The van der Waals surface area contributed by atoms with Crippen molar-refractivity contribution in [2.24, 2.45) is 0 Å². The molecule has 0 unspecified atom stereocenters. The fourth-order valence-corrected chi connectivity index (χ4v) is 3.56. The number of nitrogens with zero attached hydrogens (tertiary/aromatic N) is 2. The van der Waals surface area contributed by atoms with E-state index in [1.165, 1.54) is 4.31 Å². The lowest BCUT2D eigenvalue weighted by Gasteiger charge is -2.34. The molecular weight excluding hydrogens is 290 g/mol. The average Bonchev–Trinajstić information content (AvgIpc) is 2.46. The molecule has 1 saturated heterocycles. The van der Waals surface area contributed by atoms with Gasteiger partial charge in [-0.05, 0) is 19.1 Å². The van der Waals surface area contributed by atoms with Crippen molar-refractivity contribution in [2.45, 2.75) is 13.8 Å². The molecule has 2 rings (SSSR count). The number of rotatable bonds is 4. The number of carbonyl (C=O) groups is 1. The molecule has 1 N–H and O–H groups in total. The van der Waals surface area contributed by atoms with Crippen LogP contribution in [0.5, 0.6) is 0 Å². The molecule has 1 aromatic carbocycles. The third kappa shape index (κ3) is 3.81. The first-order chi connectivity index (χ1) is 9.94. The summed E-state index contributed by atoms with van der Waals surface area (Å²) < 4.78 is 27.6. The topological polar surface area (TPSA) is 69.7 Å². The highest BCUT2D eigenvalue weighted by Crippen LogP contribution is 2.12. The van der Waals surface area contributed by atoms with E-state index in [2.05, 4.69) is 4.72 Å². The molecule has 1 fully saturated rings. The minimum absolute atomic E-state index is 0.0424. The third-order valence-corrected chi connectivity index (χ3v) is 5.16. The molecule has 6 nitrogen and oxygen atoms in total. The van der Waals surface area contributed by atoms with Gasteiger partial charge in [-0.15, -0.1) is 0 Å². The van der Waals surface area contributed by atoms with Gasteiger partial charge < -0.3 is 4.90 Å². The van der Waals surface area contributed by atoms with E-state index in [9.17, 15) is 13.2 Å². The van der Waals surface area contributed by atoms with Gasteiger partial charge in [0.2, 0.25) is 0 Å². The van der Waals surface area contributed by atoms with Crippen LogP contribution < -0.4 is 4.72 Å². The zero-order valence-electron chi connectivity index (χ0n) is 12.4. The minimum Gasteiger partial charge on any atom is -0.336 e. The van der Waals surface area contributed by atoms with E-state index in [1.807, 2.05) is 25.1 Å². The van der Waals surface area contributed by atoms with Crippen molar-refractivity contribution in [3.8, 4) is 0 Å². The summed E-state index contributed by atoms with van der Waals surface area (Å²) in [5.41, 5.74) is 1.69. The Labute approximate surface area is 125 Å². The van der Waals surface area contributed by atoms with Gasteiger partial charge in [0, 0.05) is 38.3 Å². The molecule has 21 heavy (non-hydrogen) atoms. The second-order valence-corrected chi connectivity index (χ2v) is 6.82. The highest BCUT2D eigenvalue weighted by molar-refractivity contribution is 7.87. The van der Waals surface area contributed by atoms with Crippen LogP contribution in [0.1, 0.15) is 22.8 Å². The van der Waals surface area contributed by atoms with Crippen molar-refractivity contribution in [1.82, 2.24) is 13.9 Å². The molecule has 0 saturated carbocycles. The number of piperazine rings is 1. The lowest BCUT2D eigenvalue weighted by molar-refractivity contribution is 0.0697. The van der Waals surface area contributed by atoms with Gasteiger partial charge in [0.1, 0.15) is 0 Å². The molecule has 1 heterocycles. The molecule has 1 aromatic rings. The summed E-state index contributed by atoms with van der Waals surface area (Å²) in [4.78, 5) is 14.1. The number of amides is 1. The zero-order chi connectivity index (χ0) is 15.5. The summed E-state index contributed by atoms with van der Waals surface area (Å²) in [7, 11) is -3.41. The maximum atomic E-state index is 12.4. The Balaban J connectivity index is 2.00. The smallest absolute Gasteiger partial charge is 0.279 e. The van der Waals surface area contributed by atoms with E-state index >= 15 is 0 Å². The van der Waals surface area contributed by atoms with Gasteiger partial charge in [0.05, 0.1) is 0 Å². The van der Waals surface area contributed by atoms with Gasteiger partial charge in [0.15, 0.2) is 0 Å². The molecular formula is C14H21N3O3S. The Morgan fingerprint density at radius 1 is 1.24 bits per heavy atom. The molecule has 0 aliphatic carbocycles. The lowest BCUT2D eigenvalue weighted by atomic mass is 10.1. The van der Waals surface area contributed by atoms with Crippen molar-refractivity contribution in [3.63, 3.8) is 0 Å². The maximum Gasteiger partial charge on any atom is 0.279 e. The van der Waals surface area contributed by atoms with Crippen molar-refractivity contribution < 1.29 is 13.2 Å². The predicted octanol–water partition coefficient (Wildman–Crippen LogP) is 0.607. The molecule has 0 atom stereocenters. The summed E-state index contributed by atoms with van der Waals surface area (Å²) in [6, 6.07) is 7.44. The average molecular weight is 311 g/mol. The molecule has 0 aromatic heterocycles. The highest BCUT2D eigenvalue weighted by Gasteiger charge is 2.28. The molecule has 7 heteroatoms. The van der Waals surface area contributed by atoms with Crippen LogP contribution in [0.15, 0.2) is 24.3 Å². The Hall–Kier alpha value is -1.44. The molecule has 1 aliphatic rings. The van der Waals surface area contributed by atoms with E-state index in [4.69, 9.17) is 0 Å². The number of carbonyl (C=O) groups excluding carboxylic acids is 1. The normalized spacial score (nSPS) is 17.0. The number of hydrogen-bond acceptors (Lipinski definition) is 3. The van der Waals surface area contributed by atoms with Gasteiger partial charge >= 0.3 is 0 Å². The van der Waals surface area contributed by atoms with Gasteiger partial charge in [0.25, 0.3) is 16.1 Å². The van der Waals surface area contributed by atoms with Crippen LogP contribution in [-0.4, -0.2) is 56.3 Å². The van der Waals surface area contributed by atoms with E-state index in [1.54, 1.807) is 17.9 Å². The van der Waals surface area contributed by atoms with Crippen LogP contribution in [-0.2, 0) is 10.2 Å². The SMILES string of the molecule is CCNS(=O)(=O)N1CCN(C(=O)c2cccc(C)c2)CC1. The van der Waals surface area contributed by atoms with E-state index in [-0.39, 0.29) is 5.91 Å². The van der Waals surface area contributed by atoms with Crippen LogP contribution in [0.4, 0.5) is 0 Å². The van der Waals surface area contributed by atoms with Crippen LogP contribution in [0.2, 0.25) is 0 Å². The quantitative estimate of drug-likeness (QED) is 0.885. The summed E-state index contributed by atoms with van der Waals surface area (Å²) in [6.45, 7) is 5.53. The van der Waals surface area contributed by atoms with Crippen LogP contribution >= 0.6 is 0 Å². The second-order valence-electron chi connectivity index (χ2n) is 5.06. The number of benzene rings is 1. The maximum absolute atomic E-state index is 12.4. The van der Waals surface area contributed by atoms with Crippen molar-refractivity contribution in [1.29, 1.82) is 0 Å². The summed E-state index contributed by atoms with van der Waals surface area (Å²) >= 11 is 0. The molecule has 0 radical (unpaired) electrons.